The van der Waals surface area contributed by atoms with Gasteiger partial charge in [-0.1, -0.05) is 41.6 Å². The summed E-state index contributed by atoms with van der Waals surface area (Å²) in [5.74, 6) is 1.78. The van der Waals surface area contributed by atoms with Crippen LogP contribution in [0.3, 0.4) is 0 Å². The Kier molecular flexibility index (Phi) is 4.41. The third kappa shape index (κ3) is 3.31. The van der Waals surface area contributed by atoms with Gasteiger partial charge in [0.25, 0.3) is 0 Å². The summed E-state index contributed by atoms with van der Waals surface area (Å²) in [6.07, 6.45) is 3.98. The lowest BCUT2D eigenvalue weighted by molar-refractivity contribution is 0.295. The third-order valence-corrected chi connectivity index (χ3v) is 5.51. The van der Waals surface area contributed by atoms with Crippen LogP contribution in [-0.4, -0.2) is 32.3 Å². The fourth-order valence-corrected chi connectivity index (χ4v) is 3.97. The molecule has 2 aromatic heterocycles. The fourth-order valence-electron chi connectivity index (χ4n) is 3.97. The lowest BCUT2D eigenvalue weighted by atomic mass is 9.93. The predicted octanol–water partition coefficient (Wildman–Crippen LogP) is 3.99. The minimum atomic E-state index is 0.353. The van der Waals surface area contributed by atoms with Crippen molar-refractivity contribution >= 4 is 11.0 Å². The molecule has 0 unspecified atom stereocenters. The van der Waals surface area contributed by atoms with Gasteiger partial charge in [0, 0.05) is 24.1 Å². The first-order valence-electron chi connectivity index (χ1n) is 9.82. The number of rotatable bonds is 4. The second kappa shape index (κ2) is 7.20. The topological polar surface area (TPSA) is 68.8 Å². The molecule has 0 saturated carbocycles. The number of benzene rings is 2. The van der Waals surface area contributed by atoms with Crippen LogP contribution in [0.4, 0.5) is 0 Å². The minimum absolute atomic E-state index is 0.353. The van der Waals surface area contributed by atoms with Crippen molar-refractivity contribution in [2.75, 3.05) is 6.54 Å². The van der Waals surface area contributed by atoms with E-state index in [1.165, 1.54) is 5.56 Å². The molecule has 0 aliphatic carbocycles. The monoisotopic (exact) mass is 373 g/mol. The highest BCUT2D eigenvalue weighted by Gasteiger charge is 2.25. The average Bonchev–Trinajstić information content (AvgIpc) is 3.37. The molecule has 2 atom stereocenters. The van der Waals surface area contributed by atoms with E-state index in [2.05, 4.69) is 62.3 Å². The Labute approximate surface area is 163 Å². The first kappa shape index (κ1) is 17.1. The van der Waals surface area contributed by atoms with E-state index in [-0.39, 0.29) is 0 Å². The van der Waals surface area contributed by atoms with E-state index in [1.807, 2.05) is 24.5 Å². The molecule has 0 amide bonds. The smallest absolute Gasteiger partial charge is 0.230 e. The van der Waals surface area contributed by atoms with E-state index in [9.17, 15) is 0 Å². The van der Waals surface area contributed by atoms with Crippen molar-refractivity contribution in [3.05, 3.63) is 66.3 Å². The van der Waals surface area contributed by atoms with Crippen molar-refractivity contribution < 1.29 is 4.52 Å². The molecule has 1 N–H and O–H groups in total. The summed E-state index contributed by atoms with van der Waals surface area (Å²) < 4.78 is 7.73. The van der Waals surface area contributed by atoms with Gasteiger partial charge < -0.3 is 14.4 Å². The lowest BCUT2D eigenvalue weighted by Crippen LogP contribution is -2.34. The first-order valence-corrected chi connectivity index (χ1v) is 9.82. The van der Waals surface area contributed by atoms with Crippen LogP contribution in [0.15, 0.2) is 59.4 Å². The molecule has 0 bridgehead atoms. The SMILES string of the molecule is C[C@H]1C[C@@H](c2nc(-c3ccc(Cn4cnc5ccccc54)cc3)no2)CCN1. The van der Waals surface area contributed by atoms with Crippen LogP contribution in [-0.2, 0) is 6.54 Å². The number of piperidine rings is 1. The normalized spacial score (nSPS) is 19.9. The van der Waals surface area contributed by atoms with E-state index >= 15 is 0 Å². The van der Waals surface area contributed by atoms with E-state index in [0.717, 1.165) is 48.4 Å². The molecule has 142 valence electrons. The second-order valence-electron chi connectivity index (χ2n) is 7.59. The average molecular weight is 373 g/mol. The van der Waals surface area contributed by atoms with Crippen molar-refractivity contribution in [2.24, 2.45) is 0 Å². The van der Waals surface area contributed by atoms with E-state index in [1.54, 1.807) is 0 Å². The van der Waals surface area contributed by atoms with Gasteiger partial charge in [-0.05, 0) is 44.0 Å². The number of aromatic nitrogens is 4. The van der Waals surface area contributed by atoms with Gasteiger partial charge in [-0.3, -0.25) is 0 Å². The summed E-state index contributed by atoms with van der Waals surface area (Å²) in [6.45, 7) is 3.98. The zero-order chi connectivity index (χ0) is 18.9. The van der Waals surface area contributed by atoms with E-state index in [4.69, 9.17) is 4.52 Å². The van der Waals surface area contributed by atoms with Gasteiger partial charge in [-0.2, -0.15) is 4.98 Å². The maximum Gasteiger partial charge on any atom is 0.230 e. The molecule has 6 heteroatoms. The van der Waals surface area contributed by atoms with Crippen molar-refractivity contribution in [1.29, 1.82) is 0 Å². The van der Waals surface area contributed by atoms with Gasteiger partial charge >= 0.3 is 0 Å². The van der Waals surface area contributed by atoms with Crippen molar-refractivity contribution in [2.45, 2.75) is 38.3 Å². The highest BCUT2D eigenvalue weighted by atomic mass is 16.5. The first-order chi connectivity index (χ1) is 13.8. The number of nitrogens with zero attached hydrogens (tertiary/aromatic N) is 4. The maximum absolute atomic E-state index is 5.57. The Balaban J connectivity index is 1.33. The second-order valence-corrected chi connectivity index (χ2v) is 7.59. The predicted molar refractivity (Wildman–Crippen MR) is 108 cm³/mol. The highest BCUT2D eigenvalue weighted by molar-refractivity contribution is 5.75. The molecule has 1 aliphatic heterocycles. The van der Waals surface area contributed by atoms with E-state index in [0.29, 0.717) is 17.8 Å². The minimum Gasteiger partial charge on any atom is -0.339 e. The number of para-hydroxylation sites is 2. The molecule has 6 nitrogen and oxygen atoms in total. The van der Waals surface area contributed by atoms with Gasteiger partial charge in [0.2, 0.25) is 11.7 Å². The van der Waals surface area contributed by atoms with Gasteiger partial charge in [0.1, 0.15) is 0 Å². The molecule has 2 aromatic carbocycles. The van der Waals surface area contributed by atoms with E-state index < -0.39 is 0 Å². The Bertz CT molecular complexity index is 1080. The number of hydrogen-bond acceptors (Lipinski definition) is 5. The molecule has 1 fully saturated rings. The number of fused-ring (bicyclic) bond motifs is 1. The molecule has 4 aromatic rings. The third-order valence-electron chi connectivity index (χ3n) is 5.51. The Hall–Kier alpha value is -2.99. The molecule has 0 spiro atoms. The van der Waals surface area contributed by atoms with Crippen LogP contribution in [0, 0.1) is 0 Å². The quantitative estimate of drug-likeness (QED) is 0.586. The molecular weight excluding hydrogens is 350 g/mol. The summed E-state index contributed by atoms with van der Waals surface area (Å²) in [6, 6.07) is 17.0. The van der Waals surface area contributed by atoms with Crippen LogP contribution in [0.5, 0.6) is 0 Å². The Morgan fingerprint density at radius 3 is 2.86 bits per heavy atom. The molecule has 5 rings (SSSR count). The summed E-state index contributed by atoms with van der Waals surface area (Å²) in [4.78, 5) is 9.12. The summed E-state index contributed by atoms with van der Waals surface area (Å²) in [5, 5.41) is 7.67. The summed E-state index contributed by atoms with van der Waals surface area (Å²) >= 11 is 0. The van der Waals surface area contributed by atoms with Crippen molar-refractivity contribution in [1.82, 2.24) is 25.0 Å². The van der Waals surface area contributed by atoms with Crippen LogP contribution in [0.2, 0.25) is 0 Å². The maximum atomic E-state index is 5.57. The highest BCUT2D eigenvalue weighted by Crippen LogP contribution is 2.28. The Morgan fingerprint density at radius 1 is 1.14 bits per heavy atom. The van der Waals surface area contributed by atoms with Gasteiger partial charge in [-0.15, -0.1) is 0 Å². The number of imidazole rings is 1. The van der Waals surface area contributed by atoms with Crippen molar-refractivity contribution in [3.63, 3.8) is 0 Å². The molecule has 3 heterocycles. The zero-order valence-electron chi connectivity index (χ0n) is 15.9. The number of nitrogens with one attached hydrogen (secondary N) is 1. The van der Waals surface area contributed by atoms with Gasteiger partial charge in [-0.25, -0.2) is 4.98 Å². The van der Waals surface area contributed by atoms with Crippen LogP contribution in [0.1, 0.15) is 37.1 Å². The zero-order valence-corrected chi connectivity index (χ0v) is 15.9. The largest absolute Gasteiger partial charge is 0.339 e. The summed E-state index contributed by atoms with van der Waals surface area (Å²) in [7, 11) is 0. The lowest BCUT2D eigenvalue weighted by Gasteiger charge is -2.25. The van der Waals surface area contributed by atoms with Crippen LogP contribution >= 0.6 is 0 Å². The fraction of sp³-hybridized carbons (Fsp3) is 0.318. The Morgan fingerprint density at radius 2 is 2.00 bits per heavy atom. The van der Waals surface area contributed by atoms with Crippen LogP contribution < -0.4 is 5.32 Å². The van der Waals surface area contributed by atoms with Gasteiger partial charge in [0.15, 0.2) is 0 Å². The molecule has 1 saturated heterocycles. The number of hydrogen-bond donors (Lipinski definition) is 1. The molecule has 28 heavy (non-hydrogen) atoms. The molecular formula is C22H23N5O. The summed E-state index contributed by atoms with van der Waals surface area (Å²) in [5.41, 5.74) is 4.36. The standard InChI is InChI=1S/C22H23N5O/c1-15-12-18(10-11-23-15)22-25-21(26-28-22)17-8-6-16(7-9-17)13-27-14-24-19-4-2-3-5-20(19)27/h2-9,14-15,18,23H,10-13H2,1H3/t15-,18-/m0/s1. The van der Waals surface area contributed by atoms with Crippen LogP contribution in [0.25, 0.3) is 22.4 Å². The van der Waals surface area contributed by atoms with Gasteiger partial charge in [0.05, 0.1) is 17.4 Å². The molecule has 1 aliphatic rings. The van der Waals surface area contributed by atoms with Crippen molar-refractivity contribution in [3.8, 4) is 11.4 Å². The molecule has 0 radical (unpaired) electrons.